The molecule has 1 unspecified atom stereocenters. The van der Waals surface area contributed by atoms with Gasteiger partial charge in [-0.25, -0.2) is 4.39 Å². The zero-order valence-corrected chi connectivity index (χ0v) is 16.6. The minimum Gasteiger partial charge on any atom is -0.484 e. The molecule has 1 atom stereocenters. The number of likely N-dealkylation sites (tertiary alicyclic amines) is 1. The first-order valence-corrected chi connectivity index (χ1v) is 10.0. The van der Waals surface area contributed by atoms with Crippen LogP contribution in [0.4, 0.5) is 4.39 Å². The van der Waals surface area contributed by atoms with Crippen molar-refractivity contribution in [3.05, 3.63) is 89.0 Å². The Hall–Kier alpha value is -2.92. The van der Waals surface area contributed by atoms with Crippen LogP contribution in [0.1, 0.15) is 36.2 Å². The third-order valence-corrected chi connectivity index (χ3v) is 5.25. The quantitative estimate of drug-likeness (QED) is 0.615. The van der Waals surface area contributed by atoms with Crippen LogP contribution in [-0.4, -0.2) is 34.7 Å². The lowest BCUT2D eigenvalue weighted by atomic mass is 10.1. The van der Waals surface area contributed by atoms with Gasteiger partial charge in [-0.2, -0.15) is 5.10 Å². The van der Waals surface area contributed by atoms with Crippen molar-refractivity contribution in [2.24, 2.45) is 0 Å². The lowest BCUT2D eigenvalue weighted by Gasteiger charge is -2.16. The molecule has 1 aromatic heterocycles. The Morgan fingerprint density at radius 2 is 2.00 bits per heavy atom. The van der Waals surface area contributed by atoms with E-state index in [-0.39, 0.29) is 18.2 Å². The van der Waals surface area contributed by atoms with Gasteiger partial charge in [0.15, 0.2) is 11.6 Å². The van der Waals surface area contributed by atoms with Crippen LogP contribution in [-0.2, 0) is 6.61 Å². The van der Waals surface area contributed by atoms with E-state index in [1.165, 1.54) is 17.2 Å². The number of nitrogens with zero attached hydrogens (tertiary/aromatic N) is 2. The third-order valence-electron chi connectivity index (χ3n) is 5.25. The van der Waals surface area contributed by atoms with E-state index in [0.717, 1.165) is 37.4 Å². The molecule has 1 aliphatic heterocycles. The van der Waals surface area contributed by atoms with Gasteiger partial charge in [0.25, 0.3) is 0 Å². The van der Waals surface area contributed by atoms with Crippen LogP contribution < -0.4 is 4.74 Å². The molecule has 29 heavy (non-hydrogen) atoms. The van der Waals surface area contributed by atoms with E-state index in [9.17, 15) is 4.39 Å². The molecule has 0 amide bonds. The predicted molar refractivity (Wildman–Crippen MR) is 113 cm³/mol. The Morgan fingerprint density at radius 1 is 1.21 bits per heavy atom. The highest BCUT2D eigenvalue weighted by Gasteiger charge is 2.25. The van der Waals surface area contributed by atoms with Crippen molar-refractivity contribution in [1.82, 2.24) is 15.1 Å². The molecule has 0 bridgehead atoms. The molecule has 0 spiro atoms. The van der Waals surface area contributed by atoms with Gasteiger partial charge in [0, 0.05) is 19.0 Å². The standard InChI is InChI=1S/C24H26FN3O/c1-18(13-19-7-3-2-4-8-19)15-28-12-11-20(16-28)23-14-21(26-27-23)17-29-24-10-6-5-9-22(24)25/h2-10,13-14,20H,11-12,15-17H2,1H3,(H,26,27). The number of hydrogen-bond donors (Lipinski definition) is 1. The first kappa shape index (κ1) is 19.4. The van der Waals surface area contributed by atoms with Crippen LogP contribution >= 0.6 is 0 Å². The number of aromatic amines is 1. The van der Waals surface area contributed by atoms with Crippen molar-refractivity contribution in [2.45, 2.75) is 25.9 Å². The van der Waals surface area contributed by atoms with Crippen LogP contribution in [0.25, 0.3) is 6.08 Å². The molecular formula is C24H26FN3O. The van der Waals surface area contributed by atoms with E-state index in [1.54, 1.807) is 18.2 Å². The van der Waals surface area contributed by atoms with Gasteiger partial charge in [-0.15, -0.1) is 0 Å². The molecule has 1 fully saturated rings. The smallest absolute Gasteiger partial charge is 0.165 e. The lowest BCUT2D eigenvalue weighted by molar-refractivity contribution is 0.286. The molecule has 1 N–H and O–H groups in total. The molecule has 2 heterocycles. The summed E-state index contributed by atoms with van der Waals surface area (Å²) in [6.45, 7) is 5.51. The van der Waals surface area contributed by atoms with Crippen LogP contribution in [0.2, 0.25) is 0 Å². The molecule has 1 aliphatic rings. The number of nitrogens with one attached hydrogen (secondary N) is 1. The van der Waals surface area contributed by atoms with Gasteiger partial charge in [0.1, 0.15) is 6.61 Å². The molecule has 5 heteroatoms. The maximum Gasteiger partial charge on any atom is 0.165 e. The minimum atomic E-state index is -0.349. The highest BCUT2D eigenvalue weighted by atomic mass is 19.1. The van der Waals surface area contributed by atoms with Gasteiger partial charge in [0.2, 0.25) is 0 Å². The molecule has 0 aliphatic carbocycles. The van der Waals surface area contributed by atoms with Gasteiger partial charge in [-0.3, -0.25) is 10.00 Å². The number of H-pyrrole nitrogens is 1. The summed E-state index contributed by atoms with van der Waals surface area (Å²) in [4.78, 5) is 2.48. The summed E-state index contributed by atoms with van der Waals surface area (Å²) < 4.78 is 19.2. The summed E-state index contributed by atoms with van der Waals surface area (Å²) in [7, 11) is 0. The number of ether oxygens (including phenoxy) is 1. The molecule has 1 saturated heterocycles. The van der Waals surface area contributed by atoms with E-state index in [2.05, 4.69) is 52.4 Å². The second-order valence-electron chi connectivity index (χ2n) is 7.66. The second-order valence-corrected chi connectivity index (χ2v) is 7.66. The Labute approximate surface area is 171 Å². The van der Waals surface area contributed by atoms with Crippen molar-refractivity contribution in [3.63, 3.8) is 0 Å². The predicted octanol–water partition coefficient (Wildman–Crippen LogP) is 5.02. The Morgan fingerprint density at radius 3 is 2.83 bits per heavy atom. The summed E-state index contributed by atoms with van der Waals surface area (Å²) in [6.07, 6.45) is 3.34. The summed E-state index contributed by atoms with van der Waals surface area (Å²) in [5.41, 5.74) is 4.52. The molecule has 4 rings (SSSR count). The van der Waals surface area contributed by atoms with Crippen LogP contribution in [0.5, 0.6) is 5.75 Å². The van der Waals surface area contributed by atoms with Gasteiger partial charge < -0.3 is 4.74 Å². The number of halogens is 1. The van der Waals surface area contributed by atoms with Gasteiger partial charge >= 0.3 is 0 Å². The number of para-hydroxylation sites is 1. The molecule has 4 nitrogen and oxygen atoms in total. The third kappa shape index (κ3) is 5.12. The molecule has 0 radical (unpaired) electrons. The SMILES string of the molecule is CC(=Cc1ccccc1)CN1CCC(c2cc(COc3ccccc3F)[nH]n2)C1. The number of hydrogen-bond acceptors (Lipinski definition) is 3. The molecular weight excluding hydrogens is 365 g/mol. The minimum absolute atomic E-state index is 0.261. The monoisotopic (exact) mass is 391 g/mol. The molecule has 2 aromatic carbocycles. The number of benzene rings is 2. The average molecular weight is 391 g/mol. The van der Waals surface area contributed by atoms with Gasteiger partial charge in [0.05, 0.1) is 11.4 Å². The first-order valence-electron chi connectivity index (χ1n) is 10.0. The first-order chi connectivity index (χ1) is 14.2. The van der Waals surface area contributed by atoms with Crippen molar-refractivity contribution in [1.29, 1.82) is 0 Å². The largest absolute Gasteiger partial charge is 0.484 e. The van der Waals surface area contributed by atoms with Crippen molar-refractivity contribution < 1.29 is 9.13 Å². The highest BCUT2D eigenvalue weighted by Crippen LogP contribution is 2.27. The summed E-state index contributed by atoms with van der Waals surface area (Å²) in [6, 6.07) is 18.9. The fraction of sp³-hybridized carbons (Fsp3) is 0.292. The maximum atomic E-state index is 13.7. The van der Waals surface area contributed by atoms with Gasteiger partial charge in [-0.05, 0) is 43.7 Å². The lowest BCUT2D eigenvalue weighted by Crippen LogP contribution is -2.22. The van der Waals surface area contributed by atoms with Crippen molar-refractivity contribution in [3.8, 4) is 5.75 Å². The Kier molecular flexibility index (Phi) is 6.06. The van der Waals surface area contributed by atoms with Crippen molar-refractivity contribution >= 4 is 6.08 Å². The van der Waals surface area contributed by atoms with Crippen molar-refractivity contribution in [2.75, 3.05) is 19.6 Å². The van der Waals surface area contributed by atoms with Crippen LogP contribution in [0.15, 0.2) is 66.2 Å². The second kappa shape index (κ2) is 9.05. The van der Waals surface area contributed by atoms with Gasteiger partial charge in [-0.1, -0.05) is 54.1 Å². The van der Waals surface area contributed by atoms with E-state index in [1.807, 2.05) is 12.1 Å². The van der Waals surface area contributed by atoms with E-state index >= 15 is 0 Å². The van der Waals surface area contributed by atoms with E-state index in [4.69, 9.17) is 4.74 Å². The fourth-order valence-electron chi connectivity index (χ4n) is 3.83. The molecule has 150 valence electrons. The van der Waals surface area contributed by atoms with Crippen LogP contribution in [0, 0.1) is 5.82 Å². The topological polar surface area (TPSA) is 41.1 Å². The maximum absolute atomic E-state index is 13.7. The van der Waals surface area contributed by atoms with E-state index in [0.29, 0.717) is 5.92 Å². The Balaban J connectivity index is 1.30. The fourth-order valence-corrected chi connectivity index (χ4v) is 3.83. The summed E-state index contributed by atoms with van der Waals surface area (Å²) in [5.74, 6) is 0.326. The van der Waals surface area contributed by atoms with Crippen LogP contribution in [0.3, 0.4) is 0 Å². The highest BCUT2D eigenvalue weighted by molar-refractivity contribution is 5.52. The Bertz CT molecular complexity index is 967. The summed E-state index contributed by atoms with van der Waals surface area (Å²) >= 11 is 0. The number of rotatable bonds is 7. The van der Waals surface area contributed by atoms with E-state index < -0.39 is 0 Å². The zero-order valence-electron chi connectivity index (χ0n) is 16.6. The zero-order chi connectivity index (χ0) is 20.1. The average Bonchev–Trinajstić information content (AvgIpc) is 3.37. The molecule has 0 saturated carbocycles. The number of aromatic nitrogens is 2. The molecule has 3 aromatic rings. The summed E-state index contributed by atoms with van der Waals surface area (Å²) in [5, 5.41) is 7.51. The normalized spacial score (nSPS) is 17.6.